The number of aryl methyl sites for hydroxylation is 1. The number of hydrogen-bond donors (Lipinski definition) is 1. The molecule has 1 aromatic carbocycles. The quantitative estimate of drug-likeness (QED) is 0.807. The van der Waals surface area contributed by atoms with Crippen LogP contribution in [0.25, 0.3) is 0 Å². The number of hydrogen-bond acceptors (Lipinski definition) is 4. The molecular weight excluding hydrogens is 399 g/mol. The fourth-order valence-corrected chi connectivity index (χ4v) is 3.47. The van der Waals surface area contributed by atoms with E-state index in [0.717, 1.165) is 10.4 Å². The summed E-state index contributed by atoms with van der Waals surface area (Å²) < 4.78 is 64.6. The SMILES string of the molecule is Cc1ccc(NC(=O)Cn2cc(C(F)(F)F)ccc2=O)cc1S(=O)(=O)N(C)C. The Labute approximate surface area is 159 Å². The summed E-state index contributed by atoms with van der Waals surface area (Å²) in [6.45, 7) is 0.927. The van der Waals surface area contributed by atoms with Crippen molar-refractivity contribution in [3.8, 4) is 0 Å². The van der Waals surface area contributed by atoms with Gasteiger partial charge in [-0.25, -0.2) is 12.7 Å². The summed E-state index contributed by atoms with van der Waals surface area (Å²) in [5, 5.41) is 2.39. The zero-order valence-corrected chi connectivity index (χ0v) is 16.1. The van der Waals surface area contributed by atoms with Gasteiger partial charge in [0, 0.05) is 32.0 Å². The third-order valence-corrected chi connectivity index (χ3v) is 5.81. The van der Waals surface area contributed by atoms with Crippen LogP contribution in [0.4, 0.5) is 18.9 Å². The first-order valence-electron chi connectivity index (χ1n) is 7.93. The predicted octanol–water partition coefficient (Wildman–Crippen LogP) is 2.06. The number of rotatable bonds is 5. The molecule has 11 heteroatoms. The molecule has 0 bridgehead atoms. The molecule has 152 valence electrons. The molecule has 0 radical (unpaired) electrons. The highest BCUT2D eigenvalue weighted by molar-refractivity contribution is 7.89. The maximum absolute atomic E-state index is 12.8. The van der Waals surface area contributed by atoms with E-state index in [2.05, 4.69) is 5.32 Å². The van der Waals surface area contributed by atoms with Gasteiger partial charge in [0.1, 0.15) is 6.54 Å². The van der Waals surface area contributed by atoms with E-state index in [-0.39, 0.29) is 10.6 Å². The van der Waals surface area contributed by atoms with Crippen molar-refractivity contribution in [2.75, 3.05) is 19.4 Å². The molecule has 28 heavy (non-hydrogen) atoms. The maximum Gasteiger partial charge on any atom is 0.417 e. The van der Waals surface area contributed by atoms with Crippen LogP contribution in [0.5, 0.6) is 0 Å². The van der Waals surface area contributed by atoms with Crippen LogP contribution in [-0.4, -0.2) is 37.3 Å². The first kappa shape index (κ1) is 21.6. The molecule has 7 nitrogen and oxygen atoms in total. The van der Waals surface area contributed by atoms with Crippen LogP contribution in [0.1, 0.15) is 11.1 Å². The minimum absolute atomic E-state index is 0.0217. The molecular formula is C17H18F3N3O4S. The average molecular weight is 417 g/mol. The van der Waals surface area contributed by atoms with E-state index in [4.69, 9.17) is 0 Å². The Morgan fingerprint density at radius 3 is 2.39 bits per heavy atom. The molecule has 0 aliphatic rings. The number of nitrogens with one attached hydrogen (secondary N) is 1. The fraction of sp³-hybridized carbons (Fsp3) is 0.294. The van der Waals surface area contributed by atoms with Gasteiger partial charge in [-0.3, -0.25) is 9.59 Å². The zero-order chi connectivity index (χ0) is 21.3. The van der Waals surface area contributed by atoms with Gasteiger partial charge in [-0.05, 0) is 30.7 Å². The van der Waals surface area contributed by atoms with E-state index < -0.39 is 39.8 Å². The van der Waals surface area contributed by atoms with E-state index in [1.165, 1.54) is 32.3 Å². The third kappa shape index (κ3) is 4.78. The van der Waals surface area contributed by atoms with Crippen LogP contribution in [-0.2, 0) is 27.5 Å². The number of anilines is 1. The van der Waals surface area contributed by atoms with Gasteiger partial charge in [0.05, 0.1) is 10.5 Å². The van der Waals surface area contributed by atoms with E-state index in [1.807, 2.05) is 0 Å². The van der Waals surface area contributed by atoms with Crippen molar-refractivity contribution in [1.82, 2.24) is 8.87 Å². The molecule has 1 N–H and O–H groups in total. The summed E-state index contributed by atoms with van der Waals surface area (Å²) in [5.74, 6) is -0.779. The van der Waals surface area contributed by atoms with Gasteiger partial charge in [0.15, 0.2) is 0 Å². The molecule has 0 saturated heterocycles. The maximum atomic E-state index is 12.8. The lowest BCUT2D eigenvalue weighted by atomic mass is 10.2. The van der Waals surface area contributed by atoms with Crippen LogP contribution in [0, 0.1) is 6.92 Å². The monoisotopic (exact) mass is 417 g/mol. The van der Waals surface area contributed by atoms with Gasteiger partial charge >= 0.3 is 6.18 Å². The number of amides is 1. The number of nitrogens with zero attached hydrogens (tertiary/aromatic N) is 2. The highest BCUT2D eigenvalue weighted by Gasteiger charge is 2.31. The Morgan fingerprint density at radius 2 is 1.82 bits per heavy atom. The Balaban J connectivity index is 2.27. The van der Waals surface area contributed by atoms with E-state index >= 15 is 0 Å². The Hall–Kier alpha value is -2.66. The normalized spacial score (nSPS) is 12.2. The van der Waals surface area contributed by atoms with E-state index in [9.17, 15) is 31.2 Å². The first-order chi connectivity index (χ1) is 12.8. The lowest BCUT2D eigenvalue weighted by Crippen LogP contribution is -2.28. The van der Waals surface area contributed by atoms with Crippen LogP contribution < -0.4 is 10.9 Å². The Kier molecular flexibility index (Phi) is 6.00. The first-order valence-corrected chi connectivity index (χ1v) is 9.37. The number of pyridine rings is 1. The van der Waals surface area contributed by atoms with Crippen LogP contribution >= 0.6 is 0 Å². The van der Waals surface area contributed by atoms with Gasteiger partial charge in [0.2, 0.25) is 15.9 Å². The van der Waals surface area contributed by atoms with Crippen molar-refractivity contribution >= 4 is 21.6 Å². The molecule has 1 heterocycles. The van der Waals surface area contributed by atoms with Crippen molar-refractivity contribution in [2.24, 2.45) is 0 Å². The van der Waals surface area contributed by atoms with E-state index in [1.54, 1.807) is 6.92 Å². The summed E-state index contributed by atoms with van der Waals surface area (Å²) in [6, 6.07) is 5.55. The number of carbonyl (C=O) groups excluding carboxylic acids is 1. The Bertz CT molecular complexity index is 1060. The molecule has 2 aromatic rings. The number of sulfonamides is 1. The number of benzene rings is 1. The van der Waals surface area contributed by atoms with Crippen molar-refractivity contribution < 1.29 is 26.4 Å². The lowest BCUT2D eigenvalue weighted by molar-refractivity contribution is -0.138. The second-order valence-corrected chi connectivity index (χ2v) is 8.32. The average Bonchev–Trinajstić information content (AvgIpc) is 2.57. The summed E-state index contributed by atoms with van der Waals surface area (Å²) in [6.07, 6.45) is -4.10. The van der Waals surface area contributed by atoms with Gasteiger partial charge in [-0.2, -0.15) is 13.2 Å². The third-order valence-electron chi connectivity index (χ3n) is 3.86. The molecule has 0 fully saturated rings. The number of carbonyl (C=O) groups is 1. The van der Waals surface area contributed by atoms with Gasteiger partial charge in [-0.1, -0.05) is 6.07 Å². The largest absolute Gasteiger partial charge is 0.417 e. The molecule has 1 amide bonds. The minimum Gasteiger partial charge on any atom is -0.324 e. The standard InChI is InChI=1S/C17H18F3N3O4S/c1-11-4-6-13(8-14(11)28(26,27)22(2)3)21-15(24)10-23-9-12(17(18,19)20)5-7-16(23)25/h4-9H,10H2,1-3H3,(H,21,24). The van der Waals surface area contributed by atoms with Crippen LogP contribution in [0.2, 0.25) is 0 Å². The number of aromatic nitrogens is 1. The predicted molar refractivity (Wildman–Crippen MR) is 96.4 cm³/mol. The lowest BCUT2D eigenvalue weighted by Gasteiger charge is -2.15. The molecule has 0 atom stereocenters. The summed E-state index contributed by atoms with van der Waals surface area (Å²) in [4.78, 5) is 23.9. The summed E-state index contributed by atoms with van der Waals surface area (Å²) >= 11 is 0. The number of halogens is 3. The molecule has 0 aliphatic heterocycles. The van der Waals surface area contributed by atoms with Crippen molar-refractivity contribution in [1.29, 1.82) is 0 Å². The molecule has 0 aliphatic carbocycles. The van der Waals surface area contributed by atoms with Crippen LogP contribution in [0.3, 0.4) is 0 Å². The topological polar surface area (TPSA) is 88.5 Å². The van der Waals surface area contributed by atoms with Crippen molar-refractivity contribution in [3.05, 3.63) is 58.0 Å². The van der Waals surface area contributed by atoms with Gasteiger partial charge < -0.3 is 9.88 Å². The van der Waals surface area contributed by atoms with Crippen molar-refractivity contribution in [3.63, 3.8) is 0 Å². The zero-order valence-electron chi connectivity index (χ0n) is 15.2. The van der Waals surface area contributed by atoms with Gasteiger partial charge in [-0.15, -0.1) is 0 Å². The van der Waals surface area contributed by atoms with Crippen molar-refractivity contribution in [2.45, 2.75) is 24.5 Å². The molecule has 2 rings (SSSR count). The van der Waals surface area contributed by atoms with Crippen LogP contribution in [0.15, 0.2) is 46.2 Å². The molecule has 0 unspecified atom stereocenters. The summed E-state index contributed by atoms with van der Waals surface area (Å²) in [5.41, 5.74) is -1.24. The molecule has 0 spiro atoms. The molecule has 1 aromatic heterocycles. The second kappa shape index (κ2) is 7.76. The second-order valence-electron chi connectivity index (χ2n) is 6.20. The smallest absolute Gasteiger partial charge is 0.324 e. The minimum atomic E-state index is -4.65. The molecule has 0 saturated carbocycles. The van der Waals surface area contributed by atoms with E-state index in [0.29, 0.717) is 22.4 Å². The summed E-state index contributed by atoms with van der Waals surface area (Å²) in [7, 11) is -1.03. The fourth-order valence-electron chi connectivity index (χ4n) is 2.33. The van der Waals surface area contributed by atoms with Gasteiger partial charge in [0.25, 0.3) is 5.56 Å². The Morgan fingerprint density at radius 1 is 1.18 bits per heavy atom. The number of alkyl halides is 3. The highest BCUT2D eigenvalue weighted by Crippen LogP contribution is 2.28. The highest BCUT2D eigenvalue weighted by atomic mass is 32.2.